The highest BCUT2D eigenvalue weighted by Gasteiger charge is 2.47. The maximum absolute atomic E-state index is 7.65. The molecule has 3 aliphatic rings. The molecule has 5 nitrogen and oxygen atoms in total. The van der Waals surface area contributed by atoms with E-state index in [0.717, 1.165) is 147 Å². The van der Waals surface area contributed by atoms with Crippen molar-refractivity contribution in [1.29, 1.82) is 0 Å². The van der Waals surface area contributed by atoms with Gasteiger partial charge >= 0.3 is 0 Å². The van der Waals surface area contributed by atoms with Crippen LogP contribution in [0.4, 0.5) is 34.1 Å². The Morgan fingerprint density at radius 2 is 0.785 bits per heavy atom. The Balaban J connectivity index is 0.947. The number of thiophene rings is 1. The van der Waals surface area contributed by atoms with Crippen LogP contribution in [0.3, 0.4) is 0 Å². The minimum absolute atomic E-state index is 0.0680. The molecule has 0 atom stereocenters. The molecule has 2 aliphatic heterocycles. The lowest BCUT2D eigenvalue weighted by Crippen LogP contribution is -2.61. The monoisotopic (exact) mass is 1580 g/mol. The Morgan fingerprint density at radius 3 is 1.30 bits per heavy atom. The maximum atomic E-state index is 7.65. The van der Waals surface area contributed by atoms with Gasteiger partial charge in [-0.2, -0.15) is 0 Å². The second-order valence-corrected chi connectivity index (χ2v) is 38.9. The lowest BCUT2D eigenvalue weighted by atomic mass is 9.33. The average Bonchev–Trinajstić information content (AvgIpc) is 1.45. The topological polar surface area (TPSA) is 29.5 Å². The quantitative estimate of drug-likeness (QED) is 0.107. The van der Waals surface area contributed by atoms with Crippen molar-refractivity contribution in [3.05, 3.63) is 361 Å². The zero-order valence-electron chi connectivity index (χ0n) is 70.9. The Labute approximate surface area is 713 Å². The van der Waals surface area contributed by atoms with Crippen LogP contribution >= 0.6 is 11.3 Å². The molecule has 6 heterocycles. The fraction of sp³-hybridized carbons (Fsp3) is 0.158. The number of para-hydroxylation sites is 3. The molecule has 0 unspecified atom stereocenters. The van der Waals surface area contributed by atoms with Crippen LogP contribution in [0.5, 0.6) is 0 Å². The second-order valence-electron chi connectivity index (χ2n) is 37.9. The predicted molar refractivity (Wildman–Crippen MR) is 520 cm³/mol. The molecule has 19 aromatic rings. The van der Waals surface area contributed by atoms with Gasteiger partial charge in [0, 0.05) is 127 Å². The van der Waals surface area contributed by atoms with Crippen molar-refractivity contribution >= 4 is 149 Å². The smallest absolute Gasteiger partial charge is 0.252 e. The van der Waals surface area contributed by atoms with Crippen molar-refractivity contribution < 1.29 is 4.42 Å². The number of anilines is 6. The molecule has 121 heavy (non-hydrogen) atoms. The molecule has 0 spiro atoms. The first kappa shape index (κ1) is 74.1. The van der Waals surface area contributed by atoms with E-state index in [0.29, 0.717) is 0 Å². The Morgan fingerprint density at radius 1 is 0.322 bits per heavy atom. The lowest BCUT2D eigenvalue weighted by Gasteiger charge is -2.46. The Bertz CT molecular complexity index is 7370. The SMILES string of the molecule is CC(C)(C)/C1=C/c2c(n(-c3ccc4c(c3)N(c3c(-c5ccccc5)cc(C(C)(C)C)cc3-c3ccccc3)c3cc(-c5cccc6c5oc5ccc7sc8ccccc8c7c56)cc5c3B4c3ccc(-n4c6ccccc6c6ccccc64)cc3N5c3c(-c4ccccc4)cc(C(C)(C)C)cc3-c3ccccc3)c3ccc(C(C)(C)C)cc23)C/C=C\C1. The first-order chi connectivity index (χ1) is 58.6. The minimum atomic E-state index is -0.333. The molecule has 0 bridgehead atoms. The van der Waals surface area contributed by atoms with Crippen LogP contribution in [0.25, 0.3) is 148 Å². The fourth-order valence-electron chi connectivity index (χ4n) is 20.0. The van der Waals surface area contributed by atoms with Crippen LogP contribution in [-0.2, 0) is 22.7 Å². The number of hydrogen-bond acceptors (Lipinski definition) is 4. The molecule has 0 N–H and O–H groups in total. The molecule has 586 valence electrons. The van der Waals surface area contributed by atoms with E-state index in [1.807, 2.05) is 11.3 Å². The van der Waals surface area contributed by atoms with E-state index >= 15 is 0 Å². The van der Waals surface area contributed by atoms with Crippen LogP contribution in [0.1, 0.15) is 117 Å². The van der Waals surface area contributed by atoms with Crippen molar-refractivity contribution in [2.45, 2.75) is 112 Å². The van der Waals surface area contributed by atoms with Gasteiger partial charge in [0.2, 0.25) is 0 Å². The Hall–Kier alpha value is -13.2. The molecule has 0 amide bonds. The van der Waals surface area contributed by atoms with Gasteiger partial charge in [0.15, 0.2) is 0 Å². The summed E-state index contributed by atoms with van der Waals surface area (Å²) in [4.78, 5) is 5.50. The molecule has 22 rings (SSSR count). The Kier molecular flexibility index (Phi) is 17.0. The summed E-state index contributed by atoms with van der Waals surface area (Å²) in [6.07, 6.45) is 9.08. The number of benzene rings is 15. The van der Waals surface area contributed by atoms with Gasteiger partial charge in [0.05, 0.1) is 27.9 Å². The normalized spacial score (nSPS) is 14.4. The standard InChI is InChI=1S/C114H95BN4OS/c1-111(2,3)75-42-25-29-50-96-90(62-75)91-63-76(112(4,5)6)52-57-97(91)117(96)80-54-56-93-99(69-80)119(109-88(72-38-21-15-22-39-72)66-78(114(10,11)12)67-89(109)73-40-23-16-24-41-73)101-61-74(81-46-33-47-85-105-102(120-110(81)85)58-59-104-106(105)84-45-28-32-51-103(84)121-104)60-100-107(101)115(93)92-55-53-79(116-94-48-30-26-43-82(94)83-44-27-31-49-95(83)116)68-98(92)118(100)108-86(70-34-17-13-18-35-70)64-77(113(7,8)9)65-87(108)71-36-19-14-20-37-71/h13-41,43-49,51-69H,42,50H2,1-12H3/b29-25-,75-62+. The van der Waals surface area contributed by atoms with Crippen LogP contribution in [-0.4, -0.2) is 15.8 Å². The van der Waals surface area contributed by atoms with Gasteiger partial charge in [-0.15, -0.1) is 11.3 Å². The molecular weight excluding hydrogens is 1480 g/mol. The van der Waals surface area contributed by atoms with Crippen molar-refractivity contribution in [3.8, 4) is 67.0 Å². The van der Waals surface area contributed by atoms with E-state index in [1.54, 1.807) is 0 Å². The maximum Gasteiger partial charge on any atom is 0.252 e. The van der Waals surface area contributed by atoms with Crippen LogP contribution in [0, 0.1) is 5.41 Å². The zero-order valence-corrected chi connectivity index (χ0v) is 71.7. The molecule has 7 heteroatoms. The largest absolute Gasteiger partial charge is 0.455 e. The summed E-state index contributed by atoms with van der Waals surface area (Å²) in [5.41, 5.74) is 35.9. The molecule has 0 saturated heterocycles. The summed E-state index contributed by atoms with van der Waals surface area (Å²) in [5, 5.41) is 8.41. The predicted octanol–water partition coefficient (Wildman–Crippen LogP) is 30.2. The number of nitrogens with zero attached hydrogens (tertiary/aromatic N) is 4. The minimum Gasteiger partial charge on any atom is -0.455 e. The third-order valence-electron chi connectivity index (χ3n) is 26.3. The van der Waals surface area contributed by atoms with E-state index in [4.69, 9.17) is 4.42 Å². The van der Waals surface area contributed by atoms with E-state index < -0.39 is 0 Å². The number of aromatic nitrogens is 2. The van der Waals surface area contributed by atoms with E-state index in [2.05, 4.69) is 436 Å². The first-order valence-electron chi connectivity index (χ1n) is 43.0. The first-order valence-corrected chi connectivity index (χ1v) is 43.8. The zero-order chi connectivity index (χ0) is 82.3. The molecule has 4 aromatic heterocycles. The summed E-state index contributed by atoms with van der Waals surface area (Å²) in [6, 6.07) is 121. The van der Waals surface area contributed by atoms with Gasteiger partial charge in [-0.05, 0) is 192 Å². The van der Waals surface area contributed by atoms with Crippen LogP contribution < -0.4 is 26.2 Å². The number of fused-ring (bicyclic) bond motifs is 17. The van der Waals surface area contributed by atoms with Crippen molar-refractivity contribution in [2.24, 2.45) is 5.41 Å². The van der Waals surface area contributed by atoms with Gasteiger partial charge in [-0.25, -0.2) is 0 Å². The molecule has 0 radical (unpaired) electrons. The van der Waals surface area contributed by atoms with Gasteiger partial charge in [-0.3, -0.25) is 0 Å². The highest BCUT2D eigenvalue weighted by atomic mass is 32.1. The van der Waals surface area contributed by atoms with Crippen molar-refractivity contribution in [1.82, 2.24) is 9.13 Å². The number of furan rings is 1. The van der Waals surface area contributed by atoms with Crippen molar-refractivity contribution in [2.75, 3.05) is 9.80 Å². The van der Waals surface area contributed by atoms with Crippen molar-refractivity contribution in [3.63, 3.8) is 0 Å². The second kappa shape index (κ2) is 27.7. The highest BCUT2D eigenvalue weighted by Crippen LogP contribution is 2.57. The highest BCUT2D eigenvalue weighted by molar-refractivity contribution is 7.26. The summed E-state index contributed by atoms with van der Waals surface area (Å²) in [6.45, 7) is 28.1. The van der Waals surface area contributed by atoms with E-state index in [-0.39, 0.29) is 28.4 Å². The summed E-state index contributed by atoms with van der Waals surface area (Å²) in [5.74, 6) is 0. The summed E-state index contributed by atoms with van der Waals surface area (Å²) >= 11 is 1.85. The fourth-order valence-corrected chi connectivity index (χ4v) is 21.1. The summed E-state index contributed by atoms with van der Waals surface area (Å²) < 4.78 is 15.3. The third-order valence-corrected chi connectivity index (χ3v) is 27.4. The molecule has 15 aromatic carbocycles. The van der Waals surface area contributed by atoms with E-state index in [9.17, 15) is 0 Å². The van der Waals surface area contributed by atoms with Crippen LogP contribution in [0.15, 0.2) is 338 Å². The average molecular weight is 1580 g/mol. The molecule has 0 fully saturated rings. The lowest BCUT2D eigenvalue weighted by molar-refractivity contribution is 0.497. The van der Waals surface area contributed by atoms with Gasteiger partial charge in [0.1, 0.15) is 11.2 Å². The van der Waals surface area contributed by atoms with Gasteiger partial charge in [0.25, 0.3) is 6.71 Å². The molecule has 1 aliphatic carbocycles. The number of rotatable bonds is 9. The van der Waals surface area contributed by atoms with Gasteiger partial charge < -0.3 is 23.4 Å². The van der Waals surface area contributed by atoms with Gasteiger partial charge in [-0.1, -0.05) is 319 Å². The van der Waals surface area contributed by atoms with Crippen LogP contribution in [0.2, 0.25) is 0 Å². The number of allylic oxidation sites excluding steroid dienone is 3. The number of hydrogen-bond donors (Lipinski definition) is 0. The van der Waals surface area contributed by atoms with E-state index in [1.165, 1.54) is 91.8 Å². The third kappa shape index (κ3) is 12.0. The summed E-state index contributed by atoms with van der Waals surface area (Å²) in [7, 11) is 0. The molecular formula is C114H95BN4OS. The molecule has 0 saturated carbocycles.